The van der Waals surface area contributed by atoms with Crippen LogP contribution in [0.1, 0.15) is 28.4 Å². The van der Waals surface area contributed by atoms with Crippen molar-refractivity contribution in [2.75, 3.05) is 10.6 Å². The number of hydrogen-bond acceptors (Lipinski definition) is 3. The Balaban J connectivity index is 2.02. The number of thiocarbonyl (C=S) groups is 1. The topological polar surface area (TPSA) is 70.2 Å². The monoisotopic (exact) mass is 341 g/mol. The van der Waals surface area contributed by atoms with Crippen molar-refractivity contribution < 1.29 is 9.59 Å². The Bertz CT molecular complexity index is 765. The third-order valence-corrected chi connectivity index (χ3v) is 3.38. The van der Waals surface area contributed by atoms with Gasteiger partial charge in [-0.2, -0.15) is 0 Å². The molecule has 124 valence electrons. The van der Waals surface area contributed by atoms with Crippen molar-refractivity contribution in [3.05, 3.63) is 59.2 Å². The molecule has 0 aliphatic rings. The molecule has 0 saturated carbocycles. The lowest BCUT2D eigenvalue weighted by Gasteiger charge is -2.10. The number of rotatable bonds is 3. The van der Waals surface area contributed by atoms with Crippen LogP contribution < -0.4 is 16.0 Å². The second kappa shape index (κ2) is 7.70. The van der Waals surface area contributed by atoms with Gasteiger partial charge in [-0.15, -0.1) is 0 Å². The summed E-state index contributed by atoms with van der Waals surface area (Å²) in [5.41, 5.74) is 4.12. The van der Waals surface area contributed by atoms with Crippen LogP contribution in [-0.2, 0) is 4.79 Å². The number of hydrogen-bond donors (Lipinski definition) is 3. The Kier molecular flexibility index (Phi) is 5.65. The van der Waals surface area contributed by atoms with Crippen LogP contribution in [0.3, 0.4) is 0 Å². The first-order valence-corrected chi connectivity index (χ1v) is 7.82. The van der Waals surface area contributed by atoms with Gasteiger partial charge in [-0.3, -0.25) is 9.59 Å². The van der Waals surface area contributed by atoms with Crippen LogP contribution >= 0.6 is 12.2 Å². The maximum atomic E-state index is 12.3. The molecule has 2 amide bonds. The van der Waals surface area contributed by atoms with E-state index in [1.54, 1.807) is 24.3 Å². The average molecular weight is 341 g/mol. The molecule has 0 fully saturated rings. The van der Waals surface area contributed by atoms with Gasteiger partial charge in [0.05, 0.1) is 0 Å². The molecular formula is C18H19N3O2S. The summed E-state index contributed by atoms with van der Waals surface area (Å²) in [6.07, 6.45) is 0. The highest BCUT2D eigenvalue weighted by Gasteiger charge is 2.07. The minimum absolute atomic E-state index is 0.156. The van der Waals surface area contributed by atoms with Crippen molar-refractivity contribution in [1.82, 2.24) is 5.32 Å². The van der Waals surface area contributed by atoms with E-state index in [-0.39, 0.29) is 16.9 Å². The summed E-state index contributed by atoms with van der Waals surface area (Å²) in [7, 11) is 0. The van der Waals surface area contributed by atoms with Gasteiger partial charge in [0.15, 0.2) is 5.11 Å². The number of aryl methyl sites for hydroxylation is 2. The second-order valence-electron chi connectivity index (χ2n) is 5.54. The normalized spacial score (nSPS) is 9.96. The fourth-order valence-corrected chi connectivity index (χ4v) is 2.53. The fourth-order valence-electron chi connectivity index (χ4n) is 2.27. The van der Waals surface area contributed by atoms with E-state index in [0.29, 0.717) is 11.3 Å². The Labute approximate surface area is 146 Å². The summed E-state index contributed by atoms with van der Waals surface area (Å²) >= 11 is 4.99. The molecule has 0 atom stereocenters. The molecule has 0 radical (unpaired) electrons. The second-order valence-corrected chi connectivity index (χ2v) is 5.95. The average Bonchev–Trinajstić information content (AvgIpc) is 2.47. The molecule has 2 aromatic rings. The lowest BCUT2D eigenvalue weighted by Crippen LogP contribution is -2.32. The number of anilines is 2. The smallest absolute Gasteiger partial charge is 0.255 e. The maximum absolute atomic E-state index is 12.3. The van der Waals surface area contributed by atoms with Crippen LogP contribution in [0.25, 0.3) is 0 Å². The number of nitrogens with one attached hydrogen (secondary N) is 3. The highest BCUT2D eigenvalue weighted by atomic mass is 32.1. The molecule has 0 saturated heterocycles. The van der Waals surface area contributed by atoms with E-state index in [0.717, 1.165) is 16.8 Å². The van der Waals surface area contributed by atoms with Crippen molar-refractivity contribution in [3.8, 4) is 0 Å². The van der Waals surface area contributed by atoms with E-state index in [9.17, 15) is 9.59 Å². The molecule has 0 heterocycles. The largest absolute Gasteiger partial charge is 0.332 e. The molecule has 0 aliphatic carbocycles. The lowest BCUT2D eigenvalue weighted by molar-refractivity contribution is -0.117. The van der Waals surface area contributed by atoms with E-state index >= 15 is 0 Å². The van der Waals surface area contributed by atoms with E-state index in [1.165, 1.54) is 6.92 Å². The molecule has 0 aliphatic heterocycles. The first-order valence-electron chi connectivity index (χ1n) is 7.42. The van der Waals surface area contributed by atoms with Gasteiger partial charge in [0, 0.05) is 23.9 Å². The lowest BCUT2D eigenvalue weighted by atomic mass is 10.1. The number of carbonyl (C=O) groups is 2. The predicted molar refractivity (Wildman–Crippen MR) is 100 cm³/mol. The van der Waals surface area contributed by atoms with Gasteiger partial charge in [-0.25, -0.2) is 0 Å². The Morgan fingerprint density at radius 3 is 1.88 bits per heavy atom. The zero-order valence-corrected chi connectivity index (χ0v) is 14.6. The van der Waals surface area contributed by atoms with E-state index in [4.69, 9.17) is 12.2 Å². The molecule has 2 aromatic carbocycles. The zero-order chi connectivity index (χ0) is 17.7. The van der Waals surface area contributed by atoms with Crippen molar-refractivity contribution in [2.24, 2.45) is 0 Å². The maximum Gasteiger partial charge on any atom is 0.255 e. The highest BCUT2D eigenvalue weighted by molar-refractivity contribution is 7.80. The van der Waals surface area contributed by atoms with E-state index in [1.807, 2.05) is 32.0 Å². The number of benzene rings is 2. The summed E-state index contributed by atoms with van der Waals surface area (Å²) in [5.74, 6) is -0.388. The quantitative estimate of drug-likeness (QED) is 0.749. The van der Waals surface area contributed by atoms with Gasteiger partial charge >= 0.3 is 0 Å². The fraction of sp³-hybridized carbons (Fsp3) is 0.167. The number of amides is 2. The van der Waals surface area contributed by atoms with E-state index < -0.39 is 0 Å². The molecule has 5 nitrogen and oxygen atoms in total. The predicted octanol–water partition coefficient (Wildman–Crippen LogP) is 3.39. The Morgan fingerprint density at radius 1 is 0.875 bits per heavy atom. The molecule has 0 bridgehead atoms. The van der Waals surface area contributed by atoms with Gasteiger partial charge in [0.25, 0.3) is 5.91 Å². The molecule has 2 rings (SSSR count). The summed E-state index contributed by atoms with van der Waals surface area (Å²) < 4.78 is 0. The molecule has 6 heteroatoms. The Morgan fingerprint density at radius 2 is 1.38 bits per heavy atom. The van der Waals surface area contributed by atoms with Crippen LogP contribution in [0.5, 0.6) is 0 Å². The molecule has 0 spiro atoms. The van der Waals surface area contributed by atoms with Crippen LogP contribution in [0, 0.1) is 13.8 Å². The molecule has 24 heavy (non-hydrogen) atoms. The van der Waals surface area contributed by atoms with Gasteiger partial charge in [-0.05, 0) is 62.5 Å². The van der Waals surface area contributed by atoms with Crippen molar-refractivity contribution in [2.45, 2.75) is 20.8 Å². The Hall–Kier alpha value is -2.73. The van der Waals surface area contributed by atoms with Crippen LogP contribution in [0.2, 0.25) is 0 Å². The van der Waals surface area contributed by atoms with Gasteiger partial charge < -0.3 is 16.0 Å². The van der Waals surface area contributed by atoms with Crippen LogP contribution in [0.4, 0.5) is 11.4 Å². The first-order chi connectivity index (χ1) is 11.3. The SMILES string of the molecule is CC(=O)NC(=S)Nc1ccc(NC(=O)c2cc(C)cc(C)c2)cc1. The van der Waals surface area contributed by atoms with Gasteiger partial charge in [0.2, 0.25) is 5.91 Å². The third kappa shape index (κ3) is 5.17. The standard InChI is InChI=1S/C18H19N3O2S/c1-11-8-12(2)10-14(9-11)17(23)20-15-4-6-16(7-5-15)21-18(24)19-13(3)22/h4-10H,1-3H3,(H,20,23)(H2,19,21,22,24). The molecule has 0 unspecified atom stereocenters. The van der Waals surface area contributed by atoms with Gasteiger partial charge in [-0.1, -0.05) is 17.2 Å². The minimum atomic E-state index is -0.232. The van der Waals surface area contributed by atoms with Crippen LogP contribution in [-0.4, -0.2) is 16.9 Å². The van der Waals surface area contributed by atoms with Crippen molar-refractivity contribution in [3.63, 3.8) is 0 Å². The molecule has 3 N–H and O–H groups in total. The first kappa shape index (κ1) is 17.6. The molecule has 0 aromatic heterocycles. The molecular weight excluding hydrogens is 322 g/mol. The zero-order valence-electron chi connectivity index (χ0n) is 13.8. The minimum Gasteiger partial charge on any atom is -0.332 e. The van der Waals surface area contributed by atoms with Crippen LogP contribution in [0.15, 0.2) is 42.5 Å². The summed E-state index contributed by atoms with van der Waals surface area (Å²) in [6, 6.07) is 12.8. The van der Waals surface area contributed by atoms with Crippen molar-refractivity contribution >= 4 is 40.5 Å². The van der Waals surface area contributed by atoms with Crippen molar-refractivity contribution in [1.29, 1.82) is 0 Å². The third-order valence-electron chi connectivity index (χ3n) is 3.17. The van der Waals surface area contributed by atoms with Gasteiger partial charge in [0.1, 0.15) is 0 Å². The van der Waals surface area contributed by atoms with E-state index in [2.05, 4.69) is 16.0 Å². The number of carbonyl (C=O) groups excluding carboxylic acids is 2. The highest BCUT2D eigenvalue weighted by Crippen LogP contribution is 2.16. The summed E-state index contributed by atoms with van der Waals surface area (Å²) in [4.78, 5) is 23.2. The summed E-state index contributed by atoms with van der Waals surface area (Å²) in [5, 5.41) is 8.46. The summed E-state index contributed by atoms with van der Waals surface area (Å²) in [6.45, 7) is 5.31.